The van der Waals surface area contributed by atoms with Crippen molar-refractivity contribution in [2.24, 2.45) is 0 Å². The molecule has 1 N–H and O–H groups in total. The van der Waals surface area contributed by atoms with Gasteiger partial charge in [0.2, 0.25) is 0 Å². The third kappa shape index (κ3) is 1.75. The summed E-state index contributed by atoms with van der Waals surface area (Å²) < 4.78 is 5.77. The molecule has 0 spiro atoms. The zero-order chi connectivity index (χ0) is 13.6. The Morgan fingerprint density at radius 2 is 2.37 bits per heavy atom. The van der Waals surface area contributed by atoms with Gasteiger partial charge in [-0.2, -0.15) is 5.26 Å². The zero-order valence-electron chi connectivity index (χ0n) is 11.0. The van der Waals surface area contributed by atoms with Crippen molar-refractivity contribution < 1.29 is 4.74 Å². The van der Waals surface area contributed by atoms with Crippen molar-refractivity contribution in [2.75, 3.05) is 6.61 Å². The Morgan fingerprint density at radius 1 is 1.58 bits per heavy atom. The summed E-state index contributed by atoms with van der Waals surface area (Å²) in [5.41, 5.74) is 4.83. The smallest absolute Gasteiger partial charge is 0.100 e. The molecular formula is C15H15ClN2O. The van der Waals surface area contributed by atoms with Crippen molar-refractivity contribution in [3.8, 4) is 6.07 Å². The van der Waals surface area contributed by atoms with Crippen molar-refractivity contribution in [3.05, 3.63) is 33.5 Å². The number of hydrogen-bond acceptors (Lipinski definition) is 2. The highest BCUT2D eigenvalue weighted by molar-refractivity contribution is 6.35. The van der Waals surface area contributed by atoms with Gasteiger partial charge in [-0.25, -0.2) is 0 Å². The number of rotatable bonds is 1. The third-order valence-electron chi connectivity index (χ3n) is 3.84. The molecule has 0 aliphatic carbocycles. The summed E-state index contributed by atoms with van der Waals surface area (Å²) in [7, 11) is 0. The minimum atomic E-state index is 0.0825. The monoisotopic (exact) mass is 274 g/mol. The topological polar surface area (TPSA) is 48.8 Å². The first kappa shape index (κ1) is 12.5. The summed E-state index contributed by atoms with van der Waals surface area (Å²) in [5.74, 6) is 0. The van der Waals surface area contributed by atoms with Crippen molar-refractivity contribution in [3.63, 3.8) is 0 Å². The first-order valence-corrected chi connectivity index (χ1v) is 6.90. The highest BCUT2D eigenvalue weighted by Crippen LogP contribution is 2.39. The van der Waals surface area contributed by atoms with E-state index in [1.165, 1.54) is 5.56 Å². The van der Waals surface area contributed by atoms with Gasteiger partial charge in [0.15, 0.2) is 0 Å². The van der Waals surface area contributed by atoms with Crippen LogP contribution in [0.4, 0.5) is 0 Å². The van der Waals surface area contributed by atoms with Crippen LogP contribution in [0.15, 0.2) is 6.07 Å². The molecule has 1 aromatic heterocycles. The quantitative estimate of drug-likeness (QED) is 0.854. The minimum Gasteiger partial charge on any atom is -0.372 e. The number of nitrogens with one attached hydrogen (secondary N) is 1. The fraction of sp³-hybridized carbons (Fsp3) is 0.400. The van der Waals surface area contributed by atoms with Gasteiger partial charge in [-0.3, -0.25) is 0 Å². The second kappa shape index (κ2) is 4.56. The molecule has 0 radical (unpaired) electrons. The van der Waals surface area contributed by atoms with Gasteiger partial charge in [-0.1, -0.05) is 18.5 Å². The van der Waals surface area contributed by atoms with E-state index >= 15 is 0 Å². The van der Waals surface area contributed by atoms with E-state index in [1.807, 2.05) is 13.0 Å². The first-order chi connectivity index (χ1) is 9.17. The van der Waals surface area contributed by atoms with Crippen LogP contribution in [0.2, 0.25) is 5.02 Å². The minimum absolute atomic E-state index is 0.0825. The number of aromatic nitrogens is 1. The second-order valence-corrected chi connectivity index (χ2v) is 5.35. The predicted molar refractivity (Wildman–Crippen MR) is 75.4 cm³/mol. The molecule has 1 aliphatic rings. The summed E-state index contributed by atoms with van der Waals surface area (Å²) in [4.78, 5) is 3.38. The highest BCUT2D eigenvalue weighted by atomic mass is 35.5. The largest absolute Gasteiger partial charge is 0.372 e. The number of aryl methyl sites for hydroxylation is 1. The van der Waals surface area contributed by atoms with Gasteiger partial charge >= 0.3 is 0 Å². The van der Waals surface area contributed by atoms with Crippen LogP contribution in [0, 0.1) is 18.3 Å². The summed E-state index contributed by atoms with van der Waals surface area (Å²) in [6, 6.07) is 4.17. The molecule has 1 aliphatic heterocycles. The van der Waals surface area contributed by atoms with E-state index in [-0.39, 0.29) is 6.10 Å². The lowest BCUT2D eigenvalue weighted by atomic mass is 9.96. The Morgan fingerprint density at radius 3 is 3.05 bits per heavy atom. The number of nitrogens with zero attached hydrogens (tertiary/aromatic N) is 1. The van der Waals surface area contributed by atoms with E-state index in [2.05, 4.69) is 18.0 Å². The van der Waals surface area contributed by atoms with Crippen LogP contribution < -0.4 is 0 Å². The molecule has 0 saturated heterocycles. The Labute approximate surface area is 117 Å². The van der Waals surface area contributed by atoms with Gasteiger partial charge in [0.1, 0.15) is 6.07 Å². The highest BCUT2D eigenvalue weighted by Gasteiger charge is 2.26. The van der Waals surface area contributed by atoms with Crippen LogP contribution in [0.25, 0.3) is 10.9 Å². The maximum absolute atomic E-state index is 9.41. The van der Waals surface area contributed by atoms with Gasteiger partial charge in [0.25, 0.3) is 0 Å². The fourth-order valence-corrected chi connectivity index (χ4v) is 3.24. The van der Waals surface area contributed by atoms with Crippen molar-refractivity contribution in [2.45, 2.75) is 32.8 Å². The number of benzene rings is 1. The molecule has 3 rings (SSSR count). The van der Waals surface area contributed by atoms with E-state index in [0.29, 0.717) is 11.6 Å². The molecular weight excluding hydrogens is 260 g/mol. The molecule has 3 nitrogen and oxygen atoms in total. The Hall–Kier alpha value is -1.50. The van der Waals surface area contributed by atoms with Crippen LogP contribution in [0.1, 0.15) is 41.8 Å². The van der Waals surface area contributed by atoms with Gasteiger partial charge in [-0.15, -0.1) is 0 Å². The maximum atomic E-state index is 9.41. The standard InChI is InChI=1S/C15H15ClN2O/c1-3-12-14-9(4-5-19-12)13-10(7-17)8(2)6-11(16)15(13)18-14/h6,12,18H,3-5H2,1-2H3. The molecule has 0 fully saturated rings. The normalized spacial score (nSPS) is 18.3. The van der Waals surface area contributed by atoms with Crippen molar-refractivity contribution in [1.82, 2.24) is 4.98 Å². The maximum Gasteiger partial charge on any atom is 0.100 e. The first-order valence-electron chi connectivity index (χ1n) is 6.52. The van der Waals surface area contributed by atoms with Gasteiger partial charge < -0.3 is 9.72 Å². The van der Waals surface area contributed by atoms with Crippen LogP contribution in [-0.4, -0.2) is 11.6 Å². The second-order valence-electron chi connectivity index (χ2n) is 4.95. The molecule has 4 heteroatoms. The summed E-state index contributed by atoms with van der Waals surface area (Å²) in [6.07, 6.45) is 1.83. The van der Waals surface area contributed by atoms with Crippen LogP contribution in [-0.2, 0) is 11.2 Å². The summed E-state index contributed by atoms with van der Waals surface area (Å²) in [6.45, 7) is 4.73. The molecule has 1 atom stereocenters. The number of fused-ring (bicyclic) bond motifs is 3. The zero-order valence-corrected chi connectivity index (χ0v) is 11.8. The molecule has 98 valence electrons. The fourth-order valence-electron chi connectivity index (χ4n) is 2.93. The number of H-pyrrole nitrogens is 1. The van der Waals surface area contributed by atoms with Gasteiger partial charge in [0, 0.05) is 11.1 Å². The van der Waals surface area contributed by atoms with E-state index in [9.17, 15) is 5.26 Å². The summed E-state index contributed by atoms with van der Waals surface area (Å²) in [5, 5.41) is 11.1. The average Bonchev–Trinajstić information content (AvgIpc) is 2.79. The SMILES string of the molecule is CCC1OCCc2c1[nH]c1c(Cl)cc(C)c(C#N)c21. The molecule has 0 bridgehead atoms. The van der Waals surface area contributed by atoms with E-state index in [1.54, 1.807) is 0 Å². The van der Waals surface area contributed by atoms with E-state index < -0.39 is 0 Å². The number of nitriles is 1. The number of aromatic amines is 1. The lowest BCUT2D eigenvalue weighted by molar-refractivity contribution is 0.0377. The molecule has 1 unspecified atom stereocenters. The summed E-state index contributed by atoms with van der Waals surface area (Å²) >= 11 is 6.32. The van der Waals surface area contributed by atoms with Gasteiger partial charge in [0.05, 0.1) is 28.8 Å². The number of hydrogen-bond donors (Lipinski definition) is 1. The molecule has 2 heterocycles. The lowest BCUT2D eigenvalue weighted by Gasteiger charge is -2.22. The molecule has 1 aromatic carbocycles. The predicted octanol–water partition coefficient (Wildman–Crippen LogP) is 4.03. The molecule has 0 saturated carbocycles. The van der Waals surface area contributed by atoms with Crippen molar-refractivity contribution >= 4 is 22.5 Å². The molecule has 19 heavy (non-hydrogen) atoms. The van der Waals surface area contributed by atoms with Crippen molar-refractivity contribution in [1.29, 1.82) is 5.26 Å². The Balaban J connectivity index is 2.40. The van der Waals surface area contributed by atoms with Crippen LogP contribution in [0.5, 0.6) is 0 Å². The molecule has 0 amide bonds. The Bertz CT molecular complexity index is 696. The number of ether oxygens (including phenoxy) is 1. The van der Waals surface area contributed by atoms with Crippen LogP contribution in [0.3, 0.4) is 0 Å². The van der Waals surface area contributed by atoms with Crippen LogP contribution >= 0.6 is 11.6 Å². The van der Waals surface area contributed by atoms with Gasteiger partial charge in [-0.05, 0) is 37.0 Å². The Kier molecular flexibility index (Phi) is 3.00. The number of halogens is 1. The lowest BCUT2D eigenvalue weighted by Crippen LogP contribution is -2.15. The molecule has 2 aromatic rings. The third-order valence-corrected chi connectivity index (χ3v) is 4.14. The van der Waals surface area contributed by atoms with E-state index in [0.717, 1.165) is 40.6 Å². The average molecular weight is 275 g/mol. The van der Waals surface area contributed by atoms with E-state index in [4.69, 9.17) is 16.3 Å².